The molecule has 36 heavy (non-hydrogen) atoms. The minimum atomic E-state index is -0.610. The monoisotopic (exact) mass is 531 g/mol. The predicted octanol–water partition coefficient (Wildman–Crippen LogP) is 4.20. The number of hydrogen-bond acceptors (Lipinski definition) is 9. The van der Waals surface area contributed by atoms with E-state index in [9.17, 15) is 5.53 Å². The zero-order chi connectivity index (χ0) is 24.7. The number of benzene rings is 1. The van der Waals surface area contributed by atoms with Gasteiger partial charge in [-0.25, -0.2) is 4.98 Å². The molecular formula is C24H26ClN5O5S. The van der Waals surface area contributed by atoms with Crippen LogP contribution in [-0.2, 0) is 23.7 Å². The summed E-state index contributed by atoms with van der Waals surface area (Å²) >= 11 is 7.80. The lowest BCUT2D eigenvalue weighted by atomic mass is 9.78. The molecule has 0 radical (unpaired) electrons. The SMILES string of the molecule is CO[C@H]1C(N=[N+]=[N-])[C@H]2OC(c3ccccc3)OCC2O[C@@H]1Sc1cc(Cl)cnc1N1CC2(COC2)C1. The van der Waals surface area contributed by atoms with Gasteiger partial charge in [0.05, 0.1) is 41.2 Å². The van der Waals surface area contributed by atoms with Crippen molar-refractivity contribution < 1.29 is 23.7 Å². The second-order valence-corrected chi connectivity index (χ2v) is 11.1. The van der Waals surface area contributed by atoms with Crippen molar-refractivity contribution in [2.75, 3.05) is 44.9 Å². The highest BCUT2D eigenvalue weighted by Crippen LogP contribution is 2.46. The van der Waals surface area contributed by atoms with Crippen molar-refractivity contribution in [1.82, 2.24) is 4.98 Å². The van der Waals surface area contributed by atoms with Crippen LogP contribution in [0.25, 0.3) is 10.4 Å². The number of rotatable bonds is 6. The summed E-state index contributed by atoms with van der Waals surface area (Å²) in [7, 11) is 1.59. The van der Waals surface area contributed by atoms with Crippen molar-refractivity contribution in [3.05, 3.63) is 63.6 Å². The fourth-order valence-corrected chi connectivity index (χ4v) is 6.79. The molecule has 2 aromatic rings. The number of ether oxygens (including phenoxy) is 5. The summed E-state index contributed by atoms with van der Waals surface area (Å²) in [5.41, 5.74) is 10.0. The molecule has 3 unspecified atom stereocenters. The molecule has 1 aromatic heterocycles. The molecule has 6 rings (SSSR count). The summed E-state index contributed by atoms with van der Waals surface area (Å²) in [6, 6.07) is 10.9. The molecule has 0 saturated carbocycles. The molecule has 0 N–H and O–H groups in total. The van der Waals surface area contributed by atoms with Crippen LogP contribution in [0.2, 0.25) is 5.02 Å². The van der Waals surface area contributed by atoms with Crippen LogP contribution in [0.5, 0.6) is 0 Å². The van der Waals surface area contributed by atoms with E-state index >= 15 is 0 Å². The van der Waals surface area contributed by atoms with Gasteiger partial charge in [0.25, 0.3) is 0 Å². The highest BCUT2D eigenvalue weighted by atomic mass is 35.5. The van der Waals surface area contributed by atoms with E-state index in [2.05, 4.69) is 19.9 Å². The van der Waals surface area contributed by atoms with Crippen LogP contribution in [0.4, 0.5) is 5.82 Å². The topological polar surface area (TPSA) is 111 Å². The van der Waals surface area contributed by atoms with Crippen LogP contribution in [0.3, 0.4) is 0 Å². The van der Waals surface area contributed by atoms with Gasteiger partial charge in [0.1, 0.15) is 29.6 Å². The number of hydrogen-bond donors (Lipinski definition) is 0. The van der Waals surface area contributed by atoms with E-state index in [-0.39, 0.29) is 5.41 Å². The first-order valence-electron chi connectivity index (χ1n) is 11.8. The van der Waals surface area contributed by atoms with Gasteiger partial charge in [0, 0.05) is 36.9 Å². The Morgan fingerprint density at radius 3 is 2.75 bits per heavy atom. The number of thioether (sulfide) groups is 1. The van der Waals surface area contributed by atoms with Crippen LogP contribution in [0.15, 0.2) is 52.6 Å². The van der Waals surface area contributed by atoms with Crippen LogP contribution in [0.1, 0.15) is 11.9 Å². The van der Waals surface area contributed by atoms with Crippen LogP contribution >= 0.6 is 23.4 Å². The smallest absolute Gasteiger partial charge is 0.184 e. The predicted molar refractivity (Wildman–Crippen MR) is 133 cm³/mol. The Morgan fingerprint density at radius 2 is 2.06 bits per heavy atom. The summed E-state index contributed by atoms with van der Waals surface area (Å²) in [5.74, 6) is 0.850. The van der Waals surface area contributed by atoms with Crippen LogP contribution in [-0.4, -0.2) is 74.8 Å². The van der Waals surface area contributed by atoms with Crippen LogP contribution < -0.4 is 4.90 Å². The van der Waals surface area contributed by atoms with Gasteiger partial charge in [-0.3, -0.25) is 0 Å². The highest BCUT2D eigenvalue weighted by Gasteiger charge is 2.52. The standard InChI is InChI=1S/C24H26ClN5O5S/c1-31-20-18(28-29-26)19-16(9-33-22(35-19)14-5-3-2-4-6-14)34-23(20)36-17-7-15(25)8-27-21(17)30-10-24(11-30)12-32-13-24/h2-8,16,18-20,22-23H,9-13H2,1H3/t16?,18?,19-,20-,22?,23+/m0/s1. The number of nitrogens with zero attached hydrogens (tertiary/aromatic N) is 5. The Balaban J connectivity index is 1.24. The molecule has 12 heteroatoms. The maximum Gasteiger partial charge on any atom is 0.184 e. The number of anilines is 1. The van der Waals surface area contributed by atoms with Crippen molar-refractivity contribution in [2.24, 2.45) is 10.5 Å². The van der Waals surface area contributed by atoms with Crippen molar-refractivity contribution in [2.45, 2.75) is 41.0 Å². The maximum absolute atomic E-state index is 9.38. The summed E-state index contributed by atoms with van der Waals surface area (Å²) in [6.45, 7) is 3.66. The fraction of sp³-hybridized carbons (Fsp3) is 0.542. The van der Waals surface area contributed by atoms with E-state index in [1.807, 2.05) is 36.4 Å². The number of methoxy groups -OCH3 is 1. The van der Waals surface area contributed by atoms with E-state index in [1.165, 1.54) is 11.8 Å². The molecule has 6 atom stereocenters. The number of pyridine rings is 1. The largest absolute Gasteiger partial charge is 0.380 e. The molecule has 0 bridgehead atoms. The first kappa shape index (κ1) is 24.3. The van der Waals surface area contributed by atoms with Gasteiger partial charge in [-0.1, -0.05) is 58.8 Å². The summed E-state index contributed by atoms with van der Waals surface area (Å²) in [6.07, 6.45) is -0.431. The van der Waals surface area contributed by atoms with Gasteiger partial charge in [-0.05, 0) is 11.6 Å². The number of fused-ring (bicyclic) bond motifs is 1. The molecule has 190 valence electrons. The van der Waals surface area contributed by atoms with Crippen molar-refractivity contribution in [3.63, 3.8) is 0 Å². The third-order valence-corrected chi connectivity index (χ3v) is 8.42. The van der Waals surface area contributed by atoms with Gasteiger partial charge in [-0.15, -0.1) is 0 Å². The number of aromatic nitrogens is 1. The Hall–Kier alpha value is -2.08. The van der Waals surface area contributed by atoms with E-state index in [1.54, 1.807) is 13.3 Å². The minimum Gasteiger partial charge on any atom is -0.380 e. The normalized spacial score (nSPS) is 32.7. The molecule has 1 aromatic carbocycles. The van der Waals surface area contributed by atoms with Crippen molar-refractivity contribution in [3.8, 4) is 0 Å². The molecule has 5 heterocycles. The Labute approximate surface area is 217 Å². The van der Waals surface area contributed by atoms with Gasteiger partial charge >= 0.3 is 0 Å². The lowest BCUT2D eigenvalue weighted by molar-refractivity contribution is -0.298. The third-order valence-electron chi connectivity index (χ3n) is 7.05. The van der Waals surface area contributed by atoms with E-state index < -0.39 is 36.1 Å². The average molecular weight is 532 g/mol. The van der Waals surface area contributed by atoms with Crippen LogP contribution in [0, 0.1) is 5.41 Å². The Kier molecular flexibility index (Phi) is 6.74. The fourth-order valence-electron chi connectivity index (χ4n) is 5.23. The molecule has 4 fully saturated rings. The summed E-state index contributed by atoms with van der Waals surface area (Å²) in [5, 5.41) is 4.63. The van der Waals surface area contributed by atoms with E-state index in [0.717, 1.165) is 42.6 Å². The first-order chi connectivity index (χ1) is 17.6. The third kappa shape index (κ3) is 4.44. The minimum absolute atomic E-state index is 0.242. The van der Waals surface area contributed by atoms with Gasteiger partial charge in [-0.2, -0.15) is 0 Å². The number of halogens is 1. The Bertz CT molecular complexity index is 1140. The molecule has 4 saturated heterocycles. The molecule has 0 amide bonds. The number of azide groups is 1. The quantitative estimate of drug-likeness (QED) is 0.310. The lowest BCUT2D eigenvalue weighted by Gasteiger charge is -2.55. The molecular weight excluding hydrogens is 506 g/mol. The summed E-state index contributed by atoms with van der Waals surface area (Å²) in [4.78, 5) is 10.8. The van der Waals surface area contributed by atoms with Crippen molar-refractivity contribution in [1.29, 1.82) is 0 Å². The second kappa shape index (κ2) is 10.00. The second-order valence-electron chi connectivity index (χ2n) is 9.56. The van der Waals surface area contributed by atoms with Gasteiger partial charge in [0.2, 0.25) is 0 Å². The molecule has 4 aliphatic rings. The molecule has 0 aliphatic carbocycles. The van der Waals surface area contributed by atoms with E-state index in [0.29, 0.717) is 11.6 Å². The van der Waals surface area contributed by atoms with E-state index in [4.69, 9.17) is 35.3 Å². The molecule has 1 spiro atoms. The van der Waals surface area contributed by atoms with Gasteiger partial charge in [0.15, 0.2) is 6.29 Å². The zero-order valence-corrected chi connectivity index (χ0v) is 21.2. The first-order valence-corrected chi connectivity index (χ1v) is 13.0. The Morgan fingerprint density at radius 1 is 1.25 bits per heavy atom. The average Bonchev–Trinajstić information content (AvgIpc) is 2.84. The summed E-state index contributed by atoms with van der Waals surface area (Å²) < 4.78 is 30.0. The zero-order valence-electron chi connectivity index (χ0n) is 19.6. The molecule has 4 aliphatic heterocycles. The highest BCUT2D eigenvalue weighted by molar-refractivity contribution is 8.00. The lowest BCUT2D eigenvalue weighted by Crippen LogP contribution is -2.66. The van der Waals surface area contributed by atoms with Gasteiger partial charge < -0.3 is 28.6 Å². The van der Waals surface area contributed by atoms with Crippen molar-refractivity contribution >= 4 is 29.2 Å². The molecule has 10 nitrogen and oxygen atoms in total. The maximum atomic E-state index is 9.38.